The summed E-state index contributed by atoms with van der Waals surface area (Å²) in [4.78, 5) is 29.4. The van der Waals surface area contributed by atoms with Crippen LogP contribution in [0.2, 0.25) is 0 Å². The van der Waals surface area contributed by atoms with Crippen molar-refractivity contribution in [2.24, 2.45) is 0 Å². The molecule has 0 spiro atoms. The highest BCUT2D eigenvalue weighted by molar-refractivity contribution is 6.13. The Hall–Kier alpha value is -4.62. The second-order valence-corrected chi connectivity index (χ2v) is 10.0. The second kappa shape index (κ2) is 13.2. The fourth-order valence-corrected chi connectivity index (χ4v) is 5.08. The number of amides is 1. The lowest BCUT2D eigenvalue weighted by atomic mass is 10.1. The predicted octanol–water partition coefficient (Wildman–Crippen LogP) is 6.11. The van der Waals surface area contributed by atoms with Gasteiger partial charge in [-0.1, -0.05) is 36.4 Å². The number of ether oxygens (including phenoxy) is 2. The van der Waals surface area contributed by atoms with E-state index in [1.807, 2.05) is 54.6 Å². The summed E-state index contributed by atoms with van der Waals surface area (Å²) in [5.41, 5.74) is 4.78. The summed E-state index contributed by atoms with van der Waals surface area (Å²) in [7, 11) is 3.30. The van der Waals surface area contributed by atoms with Crippen molar-refractivity contribution in [2.75, 3.05) is 32.6 Å². The fourth-order valence-electron chi connectivity index (χ4n) is 5.08. The first-order valence-electron chi connectivity index (χ1n) is 13.9. The van der Waals surface area contributed by atoms with Crippen molar-refractivity contribution in [1.29, 1.82) is 0 Å². The number of hydrogen-bond donors (Lipinski definition) is 3. The number of aryl methyl sites for hydroxylation is 2. The third-order valence-corrected chi connectivity index (χ3v) is 7.28. The molecule has 0 unspecified atom stereocenters. The molecular formula is C34H35N3O4. The average Bonchev–Trinajstić information content (AvgIpc) is 3.01. The van der Waals surface area contributed by atoms with Gasteiger partial charge in [0, 0.05) is 22.0 Å². The highest BCUT2D eigenvalue weighted by Crippen LogP contribution is 2.28. The van der Waals surface area contributed by atoms with Crippen LogP contribution in [0.5, 0.6) is 11.5 Å². The number of hydrogen-bond acceptors (Lipinski definition) is 5. The summed E-state index contributed by atoms with van der Waals surface area (Å²) in [5, 5.41) is 7.61. The molecule has 0 saturated heterocycles. The minimum absolute atomic E-state index is 0.0826. The smallest absolute Gasteiger partial charge is 0.257 e. The Bertz CT molecular complexity index is 1710. The molecule has 0 aliphatic heterocycles. The summed E-state index contributed by atoms with van der Waals surface area (Å²) in [5.74, 6) is 1.26. The molecule has 3 N–H and O–H groups in total. The van der Waals surface area contributed by atoms with E-state index in [-0.39, 0.29) is 11.3 Å². The molecule has 7 nitrogen and oxygen atoms in total. The topological polar surface area (TPSA) is 92.5 Å². The summed E-state index contributed by atoms with van der Waals surface area (Å²) in [6, 6.07) is 26.6. The first-order chi connectivity index (χ1) is 20.1. The maximum absolute atomic E-state index is 13.2. The normalized spacial score (nSPS) is 11.1. The van der Waals surface area contributed by atoms with Gasteiger partial charge in [-0.3, -0.25) is 9.59 Å². The molecule has 1 heterocycles. The van der Waals surface area contributed by atoms with E-state index in [9.17, 15) is 9.59 Å². The number of para-hydroxylation sites is 2. The van der Waals surface area contributed by atoms with E-state index in [0.717, 1.165) is 50.3 Å². The Morgan fingerprint density at radius 2 is 1.44 bits per heavy atom. The molecule has 41 heavy (non-hydrogen) atoms. The third-order valence-electron chi connectivity index (χ3n) is 7.28. The number of benzene rings is 4. The van der Waals surface area contributed by atoms with Crippen LogP contribution in [0.25, 0.3) is 21.8 Å². The summed E-state index contributed by atoms with van der Waals surface area (Å²) in [6.45, 7) is 1.90. The van der Waals surface area contributed by atoms with Gasteiger partial charge in [0.25, 0.3) is 5.91 Å². The van der Waals surface area contributed by atoms with Crippen molar-refractivity contribution in [2.45, 2.75) is 25.7 Å². The molecule has 210 valence electrons. The van der Waals surface area contributed by atoms with E-state index < -0.39 is 0 Å². The molecule has 0 saturated carbocycles. The molecule has 0 fully saturated rings. The van der Waals surface area contributed by atoms with Gasteiger partial charge in [-0.2, -0.15) is 0 Å². The van der Waals surface area contributed by atoms with Crippen molar-refractivity contribution in [3.63, 3.8) is 0 Å². The zero-order valence-corrected chi connectivity index (χ0v) is 23.5. The Labute approximate surface area is 239 Å². The van der Waals surface area contributed by atoms with Crippen LogP contribution in [-0.4, -0.2) is 38.2 Å². The van der Waals surface area contributed by atoms with E-state index in [1.54, 1.807) is 38.5 Å². The van der Waals surface area contributed by atoms with Gasteiger partial charge in [0.15, 0.2) is 16.9 Å². The first-order valence-corrected chi connectivity index (χ1v) is 13.9. The van der Waals surface area contributed by atoms with Gasteiger partial charge in [-0.15, -0.1) is 0 Å². The zero-order valence-electron chi connectivity index (χ0n) is 23.5. The molecule has 0 radical (unpaired) electrons. The minimum Gasteiger partial charge on any atom is -0.493 e. The van der Waals surface area contributed by atoms with Crippen LogP contribution in [0.4, 0.5) is 5.69 Å². The molecule has 1 amide bonds. The number of H-pyrrole nitrogens is 1. The number of carbonyl (C=O) groups excluding carboxylic acids is 1. The number of methoxy groups -OCH3 is 2. The number of carbonyl (C=O) groups is 1. The van der Waals surface area contributed by atoms with E-state index >= 15 is 0 Å². The maximum Gasteiger partial charge on any atom is 0.257 e. The molecule has 0 aliphatic carbocycles. The molecule has 1 aromatic heterocycles. The molecule has 4 aromatic carbocycles. The summed E-state index contributed by atoms with van der Waals surface area (Å²) >= 11 is 0. The Kier molecular flexibility index (Phi) is 8.96. The predicted molar refractivity (Wildman–Crippen MR) is 166 cm³/mol. The largest absolute Gasteiger partial charge is 0.493 e. The van der Waals surface area contributed by atoms with Crippen LogP contribution >= 0.6 is 0 Å². The van der Waals surface area contributed by atoms with Crippen molar-refractivity contribution in [1.82, 2.24) is 10.3 Å². The number of fused-ring (bicyclic) bond motifs is 2. The van der Waals surface area contributed by atoms with Crippen LogP contribution in [0, 0.1) is 0 Å². The fraction of sp³-hybridized carbons (Fsp3) is 0.235. The van der Waals surface area contributed by atoms with Crippen LogP contribution in [-0.2, 0) is 12.8 Å². The molecule has 0 bridgehead atoms. The Balaban J connectivity index is 1.09. The monoisotopic (exact) mass is 549 g/mol. The lowest BCUT2D eigenvalue weighted by molar-refractivity contribution is 0.102. The summed E-state index contributed by atoms with van der Waals surface area (Å²) < 4.78 is 10.7. The lowest BCUT2D eigenvalue weighted by Crippen LogP contribution is -2.17. The average molecular weight is 550 g/mol. The van der Waals surface area contributed by atoms with Crippen molar-refractivity contribution >= 4 is 33.4 Å². The van der Waals surface area contributed by atoms with Gasteiger partial charge in [0.1, 0.15) is 0 Å². The van der Waals surface area contributed by atoms with Gasteiger partial charge < -0.3 is 25.1 Å². The van der Waals surface area contributed by atoms with E-state index in [0.29, 0.717) is 33.1 Å². The van der Waals surface area contributed by atoms with Gasteiger partial charge in [0.05, 0.1) is 25.3 Å². The maximum atomic E-state index is 13.2. The minimum atomic E-state index is -0.258. The van der Waals surface area contributed by atoms with Gasteiger partial charge >= 0.3 is 0 Å². The van der Waals surface area contributed by atoms with Crippen LogP contribution in [0.15, 0.2) is 89.7 Å². The van der Waals surface area contributed by atoms with Gasteiger partial charge in [-0.05, 0) is 98.4 Å². The highest BCUT2D eigenvalue weighted by atomic mass is 16.5. The number of rotatable bonds is 12. The molecule has 7 heteroatoms. The standard InChI is InChI=1S/C34H35N3O4/c1-40-30-19-16-24(22-31(30)41-2)9-7-21-35-20-6-8-23-14-17-25(18-15-23)36-34(39)28-12-5-11-27-32(28)37-29-13-4-3-10-26(29)33(27)38/h3-5,10-19,22,35H,6-9,20-21H2,1-2H3,(H,36,39)(H,37,38). The van der Waals surface area contributed by atoms with Crippen LogP contribution < -0.4 is 25.5 Å². The van der Waals surface area contributed by atoms with E-state index in [1.165, 1.54) is 11.1 Å². The van der Waals surface area contributed by atoms with Crippen LogP contribution in [0.3, 0.4) is 0 Å². The molecule has 0 atom stereocenters. The number of nitrogens with one attached hydrogen (secondary N) is 3. The molecule has 5 aromatic rings. The Morgan fingerprint density at radius 3 is 2.20 bits per heavy atom. The lowest BCUT2D eigenvalue weighted by Gasteiger charge is -2.10. The second-order valence-electron chi connectivity index (χ2n) is 10.0. The molecule has 5 rings (SSSR count). The van der Waals surface area contributed by atoms with Gasteiger partial charge in [-0.25, -0.2) is 0 Å². The SMILES string of the molecule is COc1ccc(CCCNCCCc2ccc(NC(=O)c3cccc4c(=O)c5ccccc5[nH]c34)cc2)cc1OC. The summed E-state index contributed by atoms with van der Waals surface area (Å²) in [6.07, 6.45) is 4.00. The van der Waals surface area contributed by atoms with Crippen molar-refractivity contribution in [3.8, 4) is 11.5 Å². The number of aromatic nitrogens is 1. The third kappa shape index (κ3) is 6.58. The molecular weight excluding hydrogens is 514 g/mol. The van der Waals surface area contributed by atoms with Crippen LogP contribution in [0.1, 0.15) is 34.3 Å². The number of pyridine rings is 1. The zero-order chi connectivity index (χ0) is 28.6. The molecule has 0 aliphatic rings. The quantitative estimate of drug-likeness (QED) is 0.129. The number of aromatic amines is 1. The highest BCUT2D eigenvalue weighted by Gasteiger charge is 2.14. The Morgan fingerprint density at radius 1 is 0.756 bits per heavy atom. The van der Waals surface area contributed by atoms with Crippen molar-refractivity contribution < 1.29 is 14.3 Å². The van der Waals surface area contributed by atoms with Crippen molar-refractivity contribution in [3.05, 3.63) is 112 Å². The van der Waals surface area contributed by atoms with Gasteiger partial charge in [0.2, 0.25) is 0 Å². The van der Waals surface area contributed by atoms with E-state index in [2.05, 4.69) is 21.7 Å². The number of anilines is 1. The van der Waals surface area contributed by atoms with E-state index in [4.69, 9.17) is 9.47 Å². The first kappa shape index (κ1) is 27.9.